The molecule has 0 aliphatic carbocycles. The normalized spacial score (nSPS) is 19.5. The summed E-state index contributed by atoms with van der Waals surface area (Å²) in [5.74, 6) is -0.720. The van der Waals surface area contributed by atoms with Crippen molar-refractivity contribution in [1.82, 2.24) is 4.90 Å². The second-order valence-electron chi connectivity index (χ2n) is 4.36. The number of hydrogen-bond donors (Lipinski definition) is 1. The Labute approximate surface area is 122 Å². The summed E-state index contributed by atoms with van der Waals surface area (Å²) in [6.45, 7) is 1.64. The summed E-state index contributed by atoms with van der Waals surface area (Å²) in [7, 11) is 0. The molecule has 0 radical (unpaired) electrons. The van der Waals surface area contributed by atoms with E-state index >= 15 is 0 Å². The van der Waals surface area contributed by atoms with Gasteiger partial charge in [-0.3, -0.25) is 9.69 Å². The fraction of sp³-hybridized carbons (Fsp3) is 0.462. The third-order valence-corrected chi connectivity index (χ3v) is 3.96. The Balaban J connectivity index is 0.00000162. The van der Waals surface area contributed by atoms with Crippen molar-refractivity contribution >= 4 is 34.3 Å². The van der Waals surface area contributed by atoms with E-state index in [1.807, 2.05) is 18.2 Å². The highest BCUT2D eigenvalue weighted by Gasteiger charge is 2.27. The van der Waals surface area contributed by atoms with Crippen LogP contribution in [0.25, 0.3) is 0 Å². The van der Waals surface area contributed by atoms with Gasteiger partial charge < -0.3 is 5.11 Å². The quantitative estimate of drug-likeness (QED) is 0.916. The summed E-state index contributed by atoms with van der Waals surface area (Å²) < 4.78 is 1.12. The molecule has 100 valence electrons. The molecule has 5 heteroatoms. The lowest BCUT2D eigenvalue weighted by molar-refractivity contribution is -0.137. The summed E-state index contributed by atoms with van der Waals surface area (Å²) in [5.41, 5.74) is 1.27. The highest BCUT2D eigenvalue weighted by Crippen LogP contribution is 2.35. The minimum Gasteiger partial charge on any atom is -0.481 e. The van der Waals surface area contributed by atoms with Crippen LogP contribution in [0.1, 0.15) is 30.9 Å². The Morgan fingerprint density at radius 2 is 2.17 bits per heavy atom. The number of hydrogen-bond acceptors (Lipinski definition) is 2. The molecule has 1 heterocycles. The van der Waals surface area contributed by atoms with Gasteiger partial charge in [-0.1, -0.05) is 34.1 Å². The van der Waals surface area contributed by atoms with Gasteiger partial charge >= 0.3 is 5.97 Å². The lowest BCUT2D eigenvalue weighted by Gasteiger charge is -2.24. The molecular formula is C13H17BrClNO2. The second kappa shape index (κ2) is 7.12. The van der Waals surface area contributed by atoms with Crippen LogP contribution in [0, 0.1) is 0 Å². The summed E-state index contributed by atoms with van der Waals surface area (Å²) in [4.78, 5) is 12.9. The van der Waals surface area contributed by atoms with Crippen LogP contribution < -0.4 is 0 Å². The molecule has 2 rings (SSSR count). The van der Waals surface area contributed by atoms with Crippen LogP contribution in [0.4, 0.5) is 0 Å². The molecule has 1 aliphatic rings. The van der Waals surface area contributed by atoms with E-state index in [0.717, 1.165) is 23.9 Å². The van der Waals surface area contributed by atoms with Gasteiger partial charge in [0.15, 0.2) is 0 Å². The number of carboxylic acid groups (broad SMARTS) is 1. The SMILES string of the molecule is Cl.O=C(O)CCN1CCCC1c1ccccc1Br. The van der Waals surface area contributed by atoms with Gasteiger partial charge in [-0.15, -0.1) is 12.4 Å². The minimum atomic E-state index is -0.720. The predicted molar refractivity (Wildman–Crippen MR) is 77.2 cm³/mol. The Hall–Kier alpha value is -0.580. The molecule has 1 N–H and O–H groups in total. The first-order valence-electron chi connectivity index (χ1n) is 5.89. The molecule has 1 saturated heterocycles. The van der Waals surface area contributed by atoms with Crippen LogP contribution in [-0.4, -0.2) is 29.1 Å². The number of aliphatic carboxylic acids is 1. The molecule has 0 aromatic heterocycles. The van der Waals surface area contributed by atoms with E-state index in [1.165, 1.54) is 5.56 Å². The van der Waals surface area contributed by atoms with Gasteiger partial charge in [0.1, 0.15) is 0 Å². The zero-order valence-electron chi connectivity index (χ0n) is 10.0. The zero-order chi connectivity index (χ0) is 12.3. The van der Waals surface area contributed by atoms with Crippen LogP contribution >= 0.6 is 28.3 Å². The first kappa shape index (κ1) is 15.5. The Morgan fingerprint density at radius 3 is 2.83 bits per heavy atom. The topological polar surface area (TPSA) is 40.5 Å². The van der Waals surface area contributed by atoms with E-state index in [2.05, 4.69) is 26.9 Å². The molecule has 0 bridgehead atoms. The Kier molecular flexibility index (Phi) is 6.12. The number of carboxylic acids is 1. The molecule has 18 heavy (non-hydrogen) atoms. The van der Waals surface area contributed by atoms with Crippen molar-refractivity contribution in [3.05, 3.63) is 34.3 Å². The summed E-state index contributed by atoms with van der Waals surface area (Å²) in [6.07, 6.45) is 2.48. The predicted octanol–water partition coefficient (Wildman–Crippen LogP) is 3.48. The van der Waals surface area contributed by atoms with E-state index < -0.39 is 5.97 Å². The lowest BCUT2D eigenvalue weighted by Crippen LogP contribution is -2.26. The molecule has 3 nitrogen and oxygen atoms in total. The summed E-state index contributed by atoms with van der Waals surface area (Å²) in [6, 6.07) is 8.57. The Morgan fingerprint density at radius 1 is 1.44 bits per heavy atom. The van der Waals surface area contributed by atoms with Gasteiger partial charge in [0.25, 0.3) is 0 Å². The number of benzene rings is 1. The molecule has 0 spiro atoms. The van der Waals surface area contributed by atoms with Crippen LogP contribution in [-0.2, 0) is 4.79 Å². The van der Waals surface area contributed by atoms with Gasteiger partial charge in [-0.05, 0) is 31.0 Å². The fourth-order valence-corrected chi connectivity index (χ4v) is 2.98. The van der Waals surface area contributed by atoms with Crippen LogP contribution in [0.2, 0.25) is 0 Å². The highest BCUT2D eigenvalue weighted by molar-refractivity contribution is 9.10. The number of carbonyl (C=O) groups is 1. The van der Waals surface area contributed by atoms with E-state index in [9.17, 15) is 4.79 Å². The standard InChI is InChI=1S/C13H16BrNO2.ClH/c14-11-5-2-1-4-10(11)12-6-3-8-15(12)9-7-13(16)17;/h1-2,4-5,12H,3,6-9H2,(H,16,17);1H. The van der Waals surface area contributed by atoms with Gasteiger partial charge in [0, 0.05) is 17.1 Å². The number of rotatable bonds is 4. The van der Waals surface area contributed by atoms with Crippen molar-refractivity contribution in [2.24, 2.45) is 0 Å². The van der Waals surface area contributed by atoms with Crippen LogP contribution in [0.5, 0.6) is 0 Å². The Bertz CT molecular complexity index is 414. The first-order valence-corrected chi connectivity index (χ1v) is 6.68. The molecule has 1 aromatic rings. The molecule has 0 saturated carbocycles. The zero-order valence-corrected chi connectivity index (χ0v) is 12.4. The van der Waals surface area contributed by atoms with E-state index in [-0.39, 0.29) is 18.8 Å². The number of halogens is 2. The largest absolute Gasteiger partial charge is 0.481 e. The van der Waals surface area contributed by atoms with Crippen molar-refractivity contribution in [2.75, 3.05) is 13.1 Å². The monoisotopic (exact) mass is 333 g/mol. The van der Waals surface area contributed by atoms with E-state index in [0.29, 0.717) is 12.6 Å². The molecule has 1 atom stereocenters. The maximum absolute atomic E-state index is 10.6. The van der Waals surface area contributed by atoms with Gasteiger partial charge in [0.05, 0.1) is 6.42 Å². The fourth-order valence-electron chi connectivity index (χ4n) is 2.43. The van der Waals surface area contributed by atoms with E-state index in [4.69, 9.17) is 5.11 Å². The maximum Gasteiger partial charge on any atom is 0.304 e. The van der Waals surface area contributed by atoms with Gasteiger partial charge in [-0.2, -0.15) is 0 Å². The van der Waals surface area contributed by atoms with Gasteiger partial charge in [0.2, 0.25) is 0 Å². The van der Waals surface area contributed by atoms with Crippen molar-refractivity contribution in [3.8, 4) is 0 Å². The average Bonchev–Trinajstić information content (AvgIpc) is 2.75. The molecular weight excluding hydrogens is 318 g/mol. The summed E-state index contributed by atoms with van der Waals surface area (Å²) >= 11 is 3.57. The molecule has 1 fully saturated rings. The summed E-state index contributed by atoms with van der Waals surface area (Å²) in [5, 5.41) is 8.75. The van der Waals surface area contributed by atoms with Gasteiger partial charge in [-0.25, -0.2) is 0 Å². The molecule has 1 unspecified atom stereocenters. The smallest absolute Gasteiger partial charge is 0.304 e. The maximum atomic E-state index is 10.6. The van der Waals surface area contributed by atoms with Crippen LogP contribution in [0.3, 0.4) is 0 Å². The third-order valence-electron chi connectivity index (χ3n) is 3.24. The molecule has 1 aromatic carbocycles. The molecule has 1 aliphatic heterocycles. The number of likely N-dealkylation sites (tertiary alicyclic amines) is 1. The van der Waals surface area contributed by atoms with Crippen molar-refractivity contribution in [1.29, 1.82) is 0 Å². The molecule has 0 amide bonds. The minimum absolute atomic E-state index is 0. The van der Waals surface area contributed by atoms with Crippen LogP contribution in [0.15, 0.2) is 28.7 Å². The second-order valence-corrected chi connectivity index (χ2v) is 5.21. The van der Waals surface area contributed by atoms with E-state index in [1.54, 1.807) is 0 Å². The number of nitrogens with zero attached hydrogens (tertiary/aromatic N) is 1. The van der Waals surface area contributed by atoms with Crippen molar-refractivity contribution < 1.29 is 9.90 Å². The van der Waals surface area contributed by atoms with Crippen molar-refractivity contribution in [3.63, 3.8) is 0 Å². The third kappa shape index (κ3) is 3.70. The van der Waals surface area contributed by atoms with Crippen molar-refractivity contribution in [2.45, 2.75) is 25.3 Å². The first-order chi connectivity index (χ1) is 8.18. The lowest BCUT2D eigenvalue weighted by atomic mass is 10.0. The highest BCUT2D eigenvalue weighted by atomic mass is 79.9. The average molecular weight is 335 g/mol.